The van der Waals surface area contributed by atoms with Crippen molar-refractivity contribution in [1.29, 1.82) is 0 Å². The summed E-state index contributed by atoms with van der Waals surface area (Å²) in [5, 5.41) is 10.7. The topological polar surface area (TPSA) is 99.2 Å². The third-order valence-electron chi connectivity index (χ3n) is 3.80. The fourth-order valence-electron chi connectivity index (χ4n) is 2.49. The number of carbonyl (C=O) groups excluding carboxylic acids is 1. The Kier molecular flexibility index (Phi) is 5.65. The van der Waals surface area contributed by atoms with Gasteiger partial charge in [-0.3, -0.25) is 9.59 Å². The molecule has 0 saturated carbocycles. The van der Waals surface area contributed by atoms with Crippen molar-refractivity contribution in [3.63, 3.8) is 0 Å². The molecule has 2 aromatic heterocycles. The molecule has 27 heavy (non-hydrogen) atoms. The third-order valence-corrected chi connectivity index (χ3v) is 3.80. The first-order valence-electron chi connectivity index (χ1n) is 8.59. The molecule has 0 spiro atoms. The predicted molar refractivity (Wildman–Crippen MR) is 98.7 cm³/mol. The van der Waals surface area contributed by atoms with E-state index in [4.69, 9.17) is 9.26 Å². The van der Waals surface area contributed by atoms with Gasteiger partial charge in [-0.05, 0) is 44.2 Å². The van der Waals surface area contributed by atoms with Crippen LogP contribution in [0.15, 0.2) is 51.8 Å². The summed E-state index contributed by atoms with van der Waals surface area (Å²) in [5.74, 6) is 0.976. The van der Waals surface area contributed by atoms with Crippen molar-refractivity contribution in [2.45, 2.75) is 20.4 Å². The van der Waals surface area contributed by atoms with Gasteiger partial charge in [0.15, 0.2) is 5.69 Å². The highest BCUT2D eigenvalue weighted by Gasteiger charge is 2.10. The normalized spacial score (nSPS) is 10.6. The lowest BCUT2D eigenvalue weighted by atomic mass is 10.1. The first-order valence-corrected chi connectivity index (χ1v) is 8.59. The zero-order chi connectivity index (χ0) is 19.2. The SMILES string of the molecule is CCOc1ccc(-c2ccc(=O)n(CCNC(=O)c3cc(C)on3)n2)cc1. The van der Waals surface area contributed by atoms with E-state index in [1.807, 2.05) is 31.2 Å². The van der Waals surface area contributed by atoms with Crippen molar-refractivity contribution in [2.75, 3.05) is 13.2 Å². The predicted octanol–water partition coefficient (Wildman–Crippen LogP) is 2.04. The van der Waals surface area contributed by atoms with E-state index in [1.54, 1.807) is 19.1 Å². The molecular weight excluding hydrogens is 348 g/mol. The highest BCUT2D eigenvalue weighted by atomic mass is 16.5. The van der Waals surface area contributed by atoms with E-state index in [0.29, 0.717) is 18.1 Å². The molecule has 0 unspecified atom stereocenters. The molecule has 3 rings (SSSR count). The number of benzene rings is 1. The molecule has 1 N–H and O–H groups in total. The first kappa shape index (κ1) is 18.4. The van der Waals surface area contributed by atoms with E-state index in [2.05, 4.69) is 15.6 Å². The van der Waals surface area contributed by atoms with Crippen LogP contribution < -0.4 is 15.6 Å². The Bertz CT molecular complexity index is 976. The van der Waals surface area contributed by atoms with Gasteiger partial charge in [0.2, 0.25) is 0 Å². The van der Waals surface area contributed by atoms with Crippen LogP contribution in [0.4, 0.5) is 0 Å². The molecule has 0 fully saturated rings. The van der Waals surface area contributed by atoms with E-state index in [0.717, 1.165) is 11.3 Å². The van der Waals surface area contributed by atoms with Crippen molar-refractivity contribution in [1.82, 2.24) is 20.3 Å². The molecule has 140 valence electrons. The fourth-order valence-corrected chi connectivity index (χ4v) is 2.49. The molecule has 1 aromatic carbocycles. The minimum absolute atomic E-state index is 0.205. The van der Waals surface area contributed by atoms with Crippen LogP contribution in [0.5, 0.6) is 5.75 Å². The molecule has 1 amide bonds. The second kappa shape index (κ2) is 8.31. The molecule has 0 saturated heterocycles. The fraction of sp³-hybridized carbons (Fsp3) is 0.263. The van der Waals surface area contributed by atoms with Crippen LogP contribution in [-0.4, -0.2) is 34.0 Å². The van der Waals surface area contributed by atoms with E-state index in [9.17, 15) is 9.59 Å². The molecule has 2 heterocycles. The van der Waals surface area contributed by atoms with E-state index >= 15 is 0 Å². The van der Waals surface area contributed by atoms with Gasteiger partial charge >= 0.3 is 0 Å². The summed E-state index contributed by atoms with van der Waals surface area (Å²) in [4.78, 5) is 24.0. The Morgan fingerprint density at radius 1 is 1.22 bits per heavy atom. The summed E-state index contributed by atoms with van der Waals surface area (Å²) in [6.07, 6.45) is 0. The van der Waals surface area contributed by atoms with Gasteiger partial charge in [-0.2, -0.15) is 5.10 Å². The molecule has 0 aliphatic rings. The van der Waals surface area contributed by atoms with Crippen LogP contribution in [0, 0.1) is 6.92 Å². The van der Waals surface area contributed by atoms with E-state index < -0.39 is 0 Å². The minimum Gasteiger partial charge on any atom is -0.494 e. The zero-order valence-corrected chi connectivity index (χ0v) is 15.1. The van der Waals surface area contributed by atoms with Gasteiger partial charge in [0.1, 0.15) is 11.5 Å². The average Bonchev–Trinajstić information content (AvgIpc) is 3.11. The van der Waals surface area contributed by atoms with Gasteiger partial charge < -0.3 is 14.6 Å². The quantitative estimate of drug-likeness (QED) is 0.685. The second-order valence-electron chi connectivity index (χ2n) is 5.82. The Hall–Kier alpha value is -3.42. The number of ether oxygens (including phenoxy) is 1. The lowest BCUT2D eigenvalue weighted by Gasteiger charge is -2.08. The number of aryl methyl sites for hydroxylation is 1. The molecule has 8 nitrogen and oxygen atoms in total. The van der Waals surface area contributed by atoms with Gasteiger partial charge in [0.05, 0.1) is 18.8 Å². The number of amides is 1. The highest BCUT2D eigenvalue weighted by Crippen LogP contribution is 2.19. The molecule has 8 heteroatoms. The minimum atomic E-state index is -0.359. The maximum absolute atomic E-state index is 12.0. The molecule has 0 radical (unpaired) electrons. The highest BCUT2D eigenvalue weighted by molar-refractivity contribution is 5.92. The lowest BCUT2D eigenvalue weighted by Crippen LogP contribution is -2.32. The first-order chi connectivity index (χ1) is 13.1. The molecule has 0 aliphatic heterocycles. The van der Waals surface area contributed by atoms with Gasteiger partial charge in [-0.1, -0.05) is 5.16 Å². The summed E-state index contributed by atoms with van der Waals surface area (Å²) in [5.41, 5.74) is 1.50. The largest absolute Gasteiger partial charge is 0.494 e. The number of rotatable bonds is 7. The van der Waals surface area contributed by atoms with Gasteiger partial charge in [0.25, 0.3) is 11.5 Å². The van der Waals surface area contributed by atoms with Crippen molar-refractivity contribution >= 4 is 5.91 Å². The van der Waals surface area contributed by atoms with Crippen molar-refractivity contribution in [3.8, 4) is 17.0 Å². The molecule has 3 aromatic rings. The van der Waals surface area contributed by atoms with Gasteiger partial charge in [-0.25, -0.2) is 4.68 Å². The number of carbonyl (C=O) groups is 1. The van der Waals surface area contributed by atoms with E-state index in [1.165, 1.54) is 10.7 Å². The number of hydrogen-bond acceptors (Lipinski definition) is 6. The lowest BCUT2D eigenvalue weighted by molar-refractivity contribution is 0.0942. The zero-order valence-electron chi connectivity index (χ0n) is 15.1. The summed E-state index contributed by atoms with van der Waals surface area (Å²) >= 11 is 0. The molecule has 0 atom stereocenters. The average molecular weight is 368 g/mol. The van der Waals surface area contributed by atoms with Crippen LogP contribution in [0.3, 0.4) is 0 Å². The van der Waals surface area contributed by atoms with E-state index in [-0.39, 0.29) is 30.2 Å². The maximum atomic E-state index is 12.0. The van der Waals surface area contributed by atoms with Crippen LogP contribution in [0.1, 0.15) is 23.2 Å². The third kappa shape index (κ3) is 4.60. The van der Waals surface area contributed by atoms with Crippen molar-refractivity contribution in [3.05, 3.63) is 64.3 Å². The smallest absolute Gasteiger partial charge is 0.273 e. The number of aromatic nitrogens is 3. The Labute approximate surface area is 155 Å². The summed E-state index contributed by atoms with van der Waals surface area (Å²) in [6, 6.07) is 12.2. The van der Waals surface area contributed by atoms with Crippen molar-refractivity contribution in [2.24, 2.45) is 0 Å². The molecule has 0 bridgehead atoms. The molecular formula is C19H20N4O4. The Balaban J connectivity index is 1.66. The summed E-state index contributed by atoms with van der Waals surface area (Å²) < 4.78 is 11.6. The Morgan fingerprint density at radius 2 is 2.00 bits per heavy atom. The second-order valence-corrected chi connectivity index (χ2v) is 5.82. The number of nitrogens with one attached hydrogen (secondary N) is 1. The Morgan fingerprint density at radius 3 is 2.67 bits per heavy atom. The maximum Gasteiger partial charge on any atom is 0.273 e. The van der Waals surface area contributed by atoms with Crippen LogP contribution in [0.25, 0.3) is 11.3 Å². The van der Waals surface area contributed by atoms with Crippen LogP contribution in [0.2, 0.25) is 0 Å². The number of hydrogen-bond donors (Lipinski definition) is 1. The van der Waals surface area contributed by atoms with Crippen molar-refractivity contribution < 1.29 is 14.1 Å². The number of nitrogens with zero attached hydrogens (tertiary/aromatic N) is 3. The molecule has 0 aliphatic carbocycles. The van der Waals surface area contributed by atoms with Crippen LogP contribution in [-0.2, 0) is 6.54 Å². The van der Waals surface area contributed by atoms with Crippen LogP contribution >= 0.6 is 0 Å². The summed E-state index contributed by atoms with van der Waals surface area (Å²) in [6.45, 7) is 4.71. The van der Waals surface area contributed by atoms with Gasteiger partial charge in [-0.15, -0.1) is 0 Å². The van der Waals surface area contributed by atoms with Gasteiger partial charge in [0, 0.05) is 24.2 Å². The monoisotopic (exact) mass is 368 g/mol. The standard InChI is InChI=1S/C19H20N4O4/c1-3-26-15-6-4-14(5-7-15)16-8-9-18(24)23(21-16)11-10-20-19(25)17-12-13(2)27-22-17/h4-9,12H,3,10-11H2,1-2H3,(H,20,25). The summed E-state index contributed by atoms with van der Waals surface area (Å²) in [7, 11) is 0.